The van der Waals surface area contributed by atoms with Gasteiger partial charge in [0.2, 0.25) is 5.95 Å². The molecule has 30 heavy (non-hydrogen) atoms. The minimum Gasteiger partial charge on any atom is -0.488 e. The first kappa shape index (κ1) is 17.5. The van der Waals surface area contributed by atoms with Crippen LogP contribution in [0, 0.1) is 13.8 Å². The number of anilines is 1. The van der Waals surface area contributed by atoms with Crippen molar-refractivity contribution >= 4 is 17.0 Å². The maximum Gasteiger partial charge on any atom is 0.207 e. The summed E-state index contributed by atoms with van der Waals surface area (Å²) in [6.07, 6.45) is 1.48. The van der Waals surface area contributed by atoms with Gasteiger partial charge in [0.1, 0.15) is 23.9 Å². The Morgan fingerprint density at radius 1 is 1.13 bits per heavy atom. The largest absolute Gasteiger partial charge is 0.488 e. The third kappa shape index (κ3) is 2.40. The van der Waals surface area contributed by atoms with Crippen molar-refractivity contribution < 1.29 is 14.4 Å². The minimum absolute atomic E-state index is 0.101. The van der Waals surface area contributed by atoms with E-state index in [1.54, 1.807) is 6.20 Å². The molecule has 0 radical (unpaired) electrons. The molecule has 2 aliphatic rings. The van der Waals surface area contributed by atoms with Crippen LogP contribution in [0.25, 0.3) is 22.2 Å². The summed E-state index contributed by atoms with van der Waals surface area (Å²) in [5.74, 6) is 2.39. The van der Waals surface area contributed by atoms with Gasteiger partial charge in [-0.1, -0.05) is 11.2 Å². The van der Waals surface area contributed by atoms with Crippen LogP contribution in [-0.2, 0) is 0 Å². The number of β-amino-alcohol motifs (C(OH)–C–C–N with tert-alkyl or cyclic N) is 1. The van der Waals surface area contributed by atoms with E-state index < -0.39 is 0 Å². The van der Waals surface area contributed by atoms with Gasteiger partial charge in [-0.3, -0.25) is 9.55 Å². The van der Waals surface area contributed by atoms with Gasteiger partial charge in [-0.25, -0.2) is 4.98 Å². The van der Waals surface area contributed by atoms with Crippen LogP contribution in [-0.4, -0.2) is 50.6 Å². The Kier molecular flexibility index (Phi) is 3.67. The number of hydrogen-bond acceptors (Lipinski definition) is 7. The van der Waals surface area contributed by atoms with Crippen molar-refractivity contribution in [3.8, 4) is 16.9 Å². The number of pyridine rings is 1. The molecule has 1 atom stereocenters. The standard InChI is InChI=1S/C22H21N5O3/c1-12-19(13(2)30-25-12)15-6-7-17-20-21(15)29-11-18(16-5-3-4-8-23-16)27(20)22(24-17)26-9-14(28)10-26/h3-8,14,18,28H,9-11H2,1-2H3. The van der Waals surface area contributed by atoms with E-state index in [2.05, 4.69) is 19.6 Å². The van der Waals surface area contributed by atoms with Crippen LogP contribution in [0.5, 0.6) is 5.75 Å². The lowest BCUT2D eigenvalue weighted by Gasteiger charge is -2.38. The van der Waals surface area contributed by atoms with Gasteiger partial charge in [-0.05, 0) is 38.1 Å². The zero-order chi connectivity index (χ0) is 20.4. The fourth-order valence-corrected chi connectivity index (χ4v) is 4.52. The molecule has 1 fully saturated rings. The van der Waals surface area contributed by atoms with Crippen molar-refractivity contribution in [2.24, 2.45) is 0 Å². The van der Waals surface area contributed by atoms with E-state index in [4.69, 9.17) is 14.2 Å². The summed E-state index contributed by atoms with van der Waals surface area (Å²) >= 11 is 0. The molecule has 8 heteroatoms. The number of aromatic nitrogens is 4. The van der Waals surface area contributed by atoms with Gasteiger partial charge < -0.3 is 19.3 Å². The number of rotatable bonds is 3. The summed E-state index contributed by atoms with van der Waals surface area (Å²) in [7, 11) is 0. The number of aryl methyl sites for hydroxylation is 2. The molecule has 0 spiro atoms. The monoisotopic (exact) mass is 403 g/mol. The van der Waals surface area contributed by atoms with Crippen LogP contribution in [0.2, 0.25) is 0 Å². The second-order valence-corrected chi connectivity index (χ2v) is 7.93. The average Bonchev–Trinajstić information content (AvgIpc) is 3.28. The lowest BCUT2D eigenvalue weighted by atomic mass is 10.0. The van der Waals surface area contributed by atoms with Crippen LogP contribution in [0.1, 0.15) is 23.2 Å². The SMILES string of the molecule is Cc1noc(C)c1-c1ccc2nc(N3CC(O)C3)n3c2c1OCC3c1ccccn1. The Morgan fingerprint density at radius 3 is 2.70 bits per heavy atom. The van der Waals surface area contributed by atoms with Crippen LogP contribution >= 0.6 is 0 Å². The lowest BCUT2D eigenvalue weighted by Crippen LogP contribution is -2.52. The zero-order valence-electron chi connectivity index (χ0n) is 16.7. The number of aliphatic hydroxyl groups excluding tert-OH is 1. The highest BCUT2D eigenvalue weighted by atomic mass is 16.5. The van der Waals surface area contributed by atoms with E-state index in [9.17, 15) is 5.11 Å². The van der Waals surface area contributed by atoms with Gasteiger partial charge in [0.05, 0.1) is 28.6 Å². The zero-order valence-corrected chi connectivity index (χ0v) is 16.7. The smallest absolute Gasteiger partial charge is 0.207 e. The number of hydrogen-bond donors (Lipinski definition) is 1. The van der Waals surface area contributed by atoms with Crippen molar-refractivity contribution in [2.45, 2.75) is 26.0 Å². The fraction of sp³-hybridized carbons (Fsp3) is 0.318. The Hall–Kier alpha value is -3.39. The molecule has 152 valence electrons. The van der Waals surface area contributed by atoms with E-state index in [0.717, 1.165) is 51.0 Å². The maximum atomic E-state index is 9.87. The highest BCUT2D eigenvalue weighted by molar-refractivity contribution is 5.94. The molecule has 4 aromatic rings. The average molecular weight is 403 g/mol. The molecule has 0 bridgehead atoms. The van der Waals surface area contributed by atoms with Crippen molar-refractivity contribution in [1.29, 1.82) is 0 Å². The molecule has 1 saturated heterocycles. The molecular formula is C22H21N5O3. The van der Waals surface area contributed by atoms with E-state index in [1.165, 1.54) is 0 Å². The normalized spacial score (nSPS) is 18.5. The molecule has 0 amide bonds. The number of nitrogens with zero attached hydrogens (tertiary/aromatic N) is 5. The van der Waals surface area contributed by atoms with Gasteiger partial charge in [0, 0.05) is 24.8 Å². The molecule has 1 N–H and O–H groups in total. The minimum atomic E-state index is -0.317. The molecule has 3 aromatic heterocycles. The highest BCUT2D eigenvalue weighted by Crippen LogP contribution is 2.46. The van der Waals surface area contributed by atoms with E-state index >= 15 is 0 Å². The second kappa shape index (κ2) is 6.30. The molecule has 6 rings (SSSR count). The van der Waals surface area contributed by atoms with Crippen LogP contribution in [0.4, 0.5) is 5.95 Å². The van der Waals surface area contributed by atoms with Crippen molar-refractivity contribution in [3.05, 3.63) is 53.7 Å². The molecular weight excluding hydrogens is 382 g/mol. The Morgan fingerprint density at radius 2 is 2.00 bits per heavy atom. The Labute approximate surface area is 172 Å². The predicted molar refractivity (Wildman–Crippen MR) is 111 cm³/mol. The van der Waals surface area contributed by atoms with Gasteiger partial charge in [-0.2, -0.15) is 0 Å². The summed E-state index contributed by atoms with van der Waals surface area (Å²) in [6.45, 7) is 5.44. The van der Waals surface area contributed by atoms with Gasteiger partial charge >= 0.3 is 0 Å². The van der Waals surface area contributed by atoms with Crippen LogP contribution in [0.3, 0.4) is 0 Å². The molecule has 0 saturated carbocycles. The quantitative estimate of drug-likeness (QED) is 0.563. The third-order valence-electron chi connectivity index (χ3n) is 5.96. The first-order chi connectivity index (χ1) is 14.6. The summed E-state index contributed by atoms with van der Waals surface area (Å²) in [5, 5.41) is 14.0. The van der Waals surface area contributed by atoms with Crippen molar-refractivity contribution in [3.63, 3.8) is 0 Å². The molecule has 1 aromatic carbocycles. The third-order valence-corrected chi connectivity index (χ3v) is 5.96. The molecule has 5 heterocycles. The van der Waals surface area contributed by atoms with Crippen molar-refractivity contribution in [2.75, 3.05) is 24.6 Å². The van der Waals surface area contributed by atoms with Gasteiger partial charge in [0.15, 0.2) is 5.75 Å². The van der Waals surface area contributed by atoms with Crippen LogP contribution < -0.4 is 9.64 Å². The first-order valence-corrected chi connectivity index (χ1v) is 10.1. The number of imidazole rings is 1. The predicted octanol–water partition coefficient (Wildman–Crippen LogP) is 2.87. The van der Waals surface area contributed by atoms with Gasteiger partial charge in [-0.15, -0.1) is 0 Å². The maximum absolute atomic E-state index is 9.87. The summed E-state index contributed by atoms with van der Waals surface area (Å²) in [6, 6.07) is 9.85. The van der Waals surface area contributed by atoms with E-state index in [-0.39, 0.29) is 12.1 Å². The fourth-order valence-electron chi connectivity index (χ4n) is 4.52. The van der Waals surface area contributed by atoms with Gasteiger partial charge in [0.25, 0.3) is 0 Å². The molecule has 1 unspecified atom stereocenters. The summed E-state index contributed by atoms with van der Waals surface area (Å²) in [4.78, 5) is 11.6. The van der Waals surface area contributed by atoms with E-state index in [1.807, 2.05) is 44.2 Å². The summed E-state index contributed by atoms with van der Waals surface area (Å²) in [5.41, 5.74) is 5.46. The molecule has 8 nitrogen and oxygen atoms in total. The lowest BCUT2D eigenvalue weighted by molar-refractivity contribution is 0.139. The topological polar surface area (TPSA) is 89.4 Å². The number of ether oxygens (including phenoxy) is 1. The van der Waals surface area contributed by atoms with Crippen molar-refractivity contribution in [1.82, 2.24) is 19.7 Å². The number of benzene rings is 1. The molecule has 0 aliphatic carbocycles. The Bertz CT molecular complexity index is 1240. The first-order valence-electron chi connectivity index (χ1n) is 10.1. The number of aliphatic hydroxyl groups is 1. The summed E-state index contributed by atoms with van der Waals surface area (Å²) < 4.78 is 14.0. The second-order valence-electron chi connectivity index (χ2n) is 7.93. The highest BCUT2D eigenvalue weighted by Gasteiger charge is 2.36. The Balaban J connectivity index is 1.62. The van der Waals surface area contributed by atoms with Crippen LogP contribution in [0.15, 0.2) is 41.1 Å². The van der Waals surface area contributed by atoms with E-state index in [0.29, 0.717) is 19.7 Å². The molecule has 2 aliphatic heterocycles.